The van der Waals surface area contributed by atoms with E-state index in [2.05, 4.69) is 24.4 Å². The van der Waals surface area contributed by atoms with Crippen molar-refractivity contribution in [1.82, 2.24) is 9.62 Å². The van der Waals surface area contributed by atoms with Crippen LogP contribution in [0.3, 0.4) is 0 Å². The van der Waals surface area contributed by atoms with Crippen molar-refractivity contribution in [3.05, 3.63) is 65.7 Å². The van der Waals surface area contributed by atoms with Crippen LogP contribution >= 0.6 is 0 Å². The molecule has 0 saturated carbocycles. The Morgan fingerprint density at radius 2 is 1.82 bits per heavy atom. The van der Waals surface area contributed by atoms with E-state index < -0.39 is 21.7 Å². The molecular formula is C21H28N2O4S. The van der Waals surface area contributed by atoms with Gasteiger partial charge in [-0.1, -0.05) is 42.5 Å². The van der Waals surface area contributed by atoms with Gasteiger partial charge in [-0.2, -0.15) is 4.31 Å². The molecule has 2 aromatic rings. The maximum Gasteiger partial charge on any atom is 0.243 e. The van der Waals surface area contributed by atoms with Crippen molar-refractivity contribution < 1.29 is 18.6 Å². The van der Waals surface area contributed by atoms with Gasteiger partial charge in [0, 0.05) is 19.6 Å². The minimum atomic E-state index is -3.70. The SMILES string of the molecule is Cc1ccccc1CCNC[C@@]1(O)CN(S(=O)(=O)c2ccccc2)CC[C@@H]1O. The number of benzene rings is 2. The van der Waals surface area contributed by atoms with E-state index in [0.29, 0.717) is 6.54 Å². The first-order valence-corrected chi connectivity index (χ1v) is 11.0. The third-order valence-electron chi connectivity index (χ3n) is 5.37. The van der Waals surface area contributed by atoms with Gasteiger partial charge in [0.15, 0.2) is 0 Å². The molecule has 0 unspecified atom stereocenters. The number of β-amino-alcohol motifs (C(OH)–C–C–N with tert-alkyl or cyclic N) is 1. The van der Waals surface area contributed by atoms with Crippen molar-refractivity contribution in [2.75, 3.05) is 26.2 Å². The lowest BCUT2D eigenvalue weighted by Crippen LogP contribution is -2.62. The van der Waals surface area contributed by atoms with Gasteiger partial charge in [-0.15, -0.1) is 0 Å². The summed E-state index contributed by atoms with van der Waals surface area (Å²) in [5.41, 5.74) is 0.909. The Hall–Kier alpha value is -1.77. The summed E-state index contributed by atoms with van der Waals surface area (Å²) in [6, 6.07) is 16.3. The number of hydrogen-bond acceptors (Lipinski definition) is 5. The molecule has 2 aromatic carbocycles. The molecule has 0 spiro atoms. The molecular weight excluding hydrogens is 376 g/mol. The largest absolute Gasteiger partial charge is 0.390 e. The van der Waals surface area contributed by atoms with Crippen molar-refractivity contribution in [3.63, 3.8) is 0 Å². The van der Waals surface area contributed by atoms with E-state index in [9.17, 15) is 18.6 Å². The average Bonchev–Trinajstić information content (AvgIpc) is 2.69. The number of aryl methyl sites for hydroxylation is 1. The Labute approximate surface area is 166 Å². The van der Waals surface area contributed by atoms with Gasteiger partial charge in [0.1, 0.15) is 5.60 Å². The lowest BCUT2D eigenvalue weighted by Gasteiger charge is -2.42. The van der Waals surface area contributed by atoms with Crippen LogP contribution in [0.15, 0.2) is 59.5 Å². The Morgan fingerprint density at radius 3 is 2.54 bits per heavy atom. The summed E-state index contributed by atoms with van der Waals surface area (Å²) in [7, 11) is -3.70. The smallest absolute Gasteiger partial charge is 0.243 e. The van der Waals surface area contributed by atoms with Crippen LogP contribution in [0.4, 0.5) is 0 Å². The van der Waals surface area contributed by atoms with Crippen LogP contribution in [0.2, 0.25) is 0 Å². The third kappa shape index (κ3) is 4.61. The number of hydrogen-bond donors (Lipinski definition) is 3. The topological polar surface area (TPSA) is 89.9 Å². The maximum absolute atomic E-state index is 12.8. The summed E-state index contributed by atoms with van der Waals surface area (Å²) < 4.78 is 27.0. The molecule has 28 heavy (non-hydrogen) atoms. The molecule has 152 valence electrons. The first-order valence-electron chi connectivity index (χ1n) is 9.54. The van der Waals surface area contributed by atoms with E-state index in [0.717, 1.165) is 6.42 Å². The van der Waals surface area contributed by atoms with Crippen molar-refractivity contribution in [2.45, 2.75) is 36.4 Å². The van der Waals surface area contributed by atoms with Crippen molar-refractivity contribution in [2.24, 2.45) is 0 Å². The monoisotopic (exact) mass is 404 g/mol. The first-order chi connectivity index (χ1) is 13.3. The molecule has 0 amide bonds. The number of aliphatic hydroxyl groups excluding tert-OH is 1. The van der Waals surface area contributed by atoms with E-state index in [-0.39, 0.29) is 31.0 Å². The Bertz CT molecular complexity index is 888. The molecule has 0 aromatic heterocycles. The highest BCUT2D eigenvalue weighted by Gasteiger charge is 2.44. The fourth-order valence-electron chi connectivity index (χ4n) is 3.56. The molecule has 1 saturated heterocycles. The number of sulfonamides is 1. The lowest BCUT2D eigenvalue weighted by atomic mass is 9.90. The predicted molar refractivity (Wildman–Crippen MR) is 109 cm³/mol. The van der Waals surface area contributed by atoms with Crippen molar-refractivity contribution in [1.29, 1.82) is 0 Å². The summed E-state index contributed by atoms with van der Waals surface area (Å²) in [6.07, 6.45) is 0.0214. The number of piperidine rings is 1. The summed E-state index contributed by atoms with van der Waals surface area (Å²) in [5.74, 6) is 0. The molecule has 3 rings (SSSR count). The number of nitrogens with zero attached hydrogens (tertiary/aromatic N) is 1. The minimum absolute atomic E-state index is 0.126. The Morgan fingerprint density at radius 1 is 1.14 bits per heavy atom. The van der Waals surface area contributed by atoms with Gasteiger partial charge in [0.25, 0.3) is 0 Å². The molecule has 0 aliphatic carbocycles. The van der Waals surface area contributed by atoms with Crippen molar-refractivity contribution >= 4 is 10.0 Å². The highest BCUT2D eigenvalue weighted by Crippen LogP contribution is 2.26. The van der Waals surface area contributed by atoms with Gasteiger partial charge in [-0.3, -0.25) is 0 Å². The van der Waals surface area contributed by atoms with Gasteiger partial charge in [-0.05, 0) is 49.6 Å². The maximum atomic E-state index is 12.8. The zero-order valence-corrected chi connectivity index (χ0v) is 16.9. The lowest BCUT2D eigenvalue weighted by molar-refractivity contribution is -0.104. The average molecular weight is 405 g/mol. The Balaban J connectivity index is 1.62. The normalized spacial score (nSPS) is 23.6. The molecule has 1 heterocycles. The number of rotatable bonds is 7. The van der Waals surface area contributed by atoms with Crippen LogP contribution in [0, 0.1) is 6.92 Å². The second kappa shape index (κ2) is 8.71. The summed E-state index contributed by atoms with van der Waals surface area (Å²) in [4.78, 5) is 0.196. The molecule has 2 atom stereocenters. The van der Waals surface area contributed by atoms with Crippen LogP contribution in [-0.4, -0.2) is 60.8 Å². The molecule has 7 heteroatoms. The molecule has 3 N–H and O–H groups in total. The summed E-state index contributed by atoms with van der Waals surface area (Å²) >= 11 is 0. The summed E-state index contributed by atoms with van der Waals surface area (Å²) in [6.45, 7) is 2.86. The highest BCUT2D eigenvalue weighted by molar-refractivity contribution is 7.89. The minimum Gasteiger partial charge on any atom is -0.390 e. The van der Waals surface area contributed by atoms with Gasteiger partial charge < -0.3 is 15.5 Å². The van der Waals surface area contributed by atoms with E-state index in [4.69, 9.17) is 0 Å². The predicted octanol–water partition coefficient (Wildman–Crippen LogP) is 1.31. The van der Waals surface area contributed by atoms with Gasteiger partial charge >= 0.3 is 0 Å². The quantitative estimate of drug-likeness (QED) is 0.606. The third-order valence-corrected chi connectivity index (χ3v) is 7.23. The second-order valence-electron chi connectivity index (χ2n) is 7.41. The van der Waals surface area contributed by atoms with Crippen LogP contribution in [-0.2, 0) is 16.4 Å². The Kier molecular flexibility index (Phi) is 6.52. The van der Waals surface area contributed by atoms with E-state index in [1.165, 1.54) is 15.4 Å². The van der Waals surface area contributed by atoms with E-state index >= 15 is 0 Å². The standard InChI is InChI=1S/C21H28N2O4S/c1-17-7-5-6-8-18(17)11-13-22-15-21(25)16-23(14-12-20(21)24)28(26,27)19-9-3-2-4-10-19/h2-10,20,22,24-25H,11-16H2,1H3/t20-,21+/m0/s1. The van der Waals surface area contributed by atoms with Crippen LogP contribution in [0.5, 0.6) is 0 Å². The summed E-state index contributed by atoms with van der Waals surface area (Å²) in [5, 5.41) is 24.5. The first kappa shape index (κ1) is 21.0. The van der Waals surface area contributed by atoms with Gasteiger partial charge in [-0.25, -0.2) is 8.42 Å². The molecule has 0 bridgehead atoms. The molecule has 1 aliphatic heterocycles. The van der Waals surface area contributed by atoms with Gasteiger partial charge in [0.2, 0.25) is 10.0 Å². The van der Waals surface area contributed by atoms with Crippen LogP contribution in [0.25, 0.3) is 0 Å². The van der Waals surface area contributed by atoms with E-state index in [1.54, 1.807) is 30.3 Å². The molecule has 6 nitrogen and oxygen atoms in total. The number of nitrogens with one attached hydrogen (secondary N) is 1. The molecule has 0 radical (unpaired) electrons. The fourth-order valence-corrected chi connectivity index (χ4v) is 5.10. The fraction of sp³-hybridized carbons (Fsp3) is 0.429. The van der Waals surface area contributed by atoms with Gasteiger partial charge in [0.05, 0.1) is 11.0 Å². The second-order valence-corrected chi connectivity index (χ2v) is 9.35. The molecule has 1 aliphatic rings. The van der Waals surface area contributed by atoms with E-state index in [1.807, 2.05) is 12.1 Å². The molecule has 1 fully saturated rings. The van der Waals surface area contributed by atoms with Crippen LogP contribution in [0.1, 0.15) is 17.5 Å². The number of aliphatic hydroxyl groups is 2. The zero-order valence-electron chi connectivity index (χ0n) is 16.1. The highest BCUT2D eigenvalue weighted by atomic mass is 32.2. The zero-order chi connectivity index (χ0) is 20.2. The van der Waals surface area contributed by atoms with Crippen molar-refractivity contribution in [3.8, 4) is 0 Å². The van der Waals surface area contributed by atoms with Crippen LogP contribution < -0.4 is 5.32 Å².